The monoisotopic (exact) mass is 198 g/mol. The Balaban J connectivity index is 2.83. The lowest BCUT2D eigenvalue weighted by molar-refractivity contribution is -0.138. The lowest BCUT2D eigenvalue weighted by atomic mass is 10.1. The number of phenolic OH excluding ortho intramolecular Hbond substituents is 2. The van der Waals surface area contributed by atoms with Crippen molar-refractivity contribution in [1.29, 1.82) is 1.43 Å². The number of hydrogen-bond donors (Lipinski definition) is 4. The first-order valence-corrected chi connectivity index (χ1v) is 3.98. The average molecular weight is 198 g/mol. The normalized spacial score (nSPS) is 13.1. The van der Waals surface area contributed by atoms with Crippen LogP contribution in [0.1, 0.15) is 5.56 Å². The van der Waals surface area contributed by atoms with Crippen LogP contribution >= 0.6 is 0 Å². The van der Waals surface area contributed by atoms with E-state index in [9.17, 15) is 9.90 Å². The van der Waals surface area contributed by atoms with Crippen molar-refractivity contribution in [2.75, 3.05) is 0 Å². The van der Waals surface area contributed by atoms with Crippen LogP contribution in [0.5, 0.6) is 11.5 Å². The van der Waals surface area contributed by atoms with E-state index in [1.165, 1.54) is 18.2 Å². The molecule has 1 atom stereocenters. The van der Waals surface area contributed by atoms with Gasteiger partial charge in [-0.15, -0.1) is 0 Å². The number of hydrogen-bond acceptors (Lipinski definition) is 4. The second-order valence-electron chi connectivity index (χ2n) is 2.95. The van der Waals surface area contributed by atoms with E-state index in [0.29, 0.717) is 5.56 Å². The van der Waals surface area contributed by atoms with Crippen molar-refractivity contribution in [2.24, 2.45) is 5.73 Å². The molecule has 0 aliphatic rings. The van der Waals surface area contributed by atoms with E-state index in [1.807, 2.05) is 0 Å². The van der Waals surface area contributed by atoms with Crippen molar-refractivity contribution in [2.45, 2.75) is 12.5 Å². The summed E-state index contributed by atoms with van der Waals surface area (Å²) in [4.78, 5) is 10.5. The Morgan fingerprint density at radius 1 is 1.57 bits per heavy atom. The molecular weight excluding hydrogens is 186 g/mol. The van der Waals surface area contributed by atoms with Crippen LogP contribution in [0.3, 0.4) is 0 Å². The second-order valence-corrected chi connectivity index (χ2v) is 2.95. The molecule has 0 fully saturated rings. The number of aliphatic carboxylic acids is 1. The maximum Gasteiger partial charge on any atom is 0.320 e. The SMILES string of the molecule is [2H]Oc1cc(C[C@H](N)C(=O)O)ccc1O. The molecule has 76 valence electrons. The predicted octanol–water partition coefficient (Wildman–Crippen LogP) is 0.0522. The van der Waals surface area contributed by atoms with E-state index < -0.39 is 12.0 Å². The molecule has 0 bridgehead atoms. The average Bonchev–Trinajstić information content (AvgIpc) is 2.20. The summed E-state index contributed by atoms with van der Waals surface area (Å²) in [6.07, 6.45) is 0.117. The van der Waals surface area contributed by atoms with Gasteiger partial charge < -0.3 is 21.1 Å². The first-order chi connectivity index (χ1) is 7.04. The molecular formula is C9H11NO4. The Kier molecular flexibility index (Phi) is 2.51. The lowest BCUT2D eigenvalue weighted by Crippen LogP contribution is -2.32. The number of phenols is 2. The molecule has 0 heterocycles. The zero-order valence-electron chi connectivity index (χ0n) is 8.30. The zero-order valence-corrected chi connectivity index (χ0v) is 7.30. The first kappa shape index (κ1) is 8.83. The van der Waals surface area contributed by atoms with Gasteiger partial charge in [0.05, 0.1) is 0 Å². The van der Waals surface area contributed by atoms with Gasteiger partial charge in [-0.2, -0.15) is 0 Å². The van der Waals surface area contributed by atoms with Gasteiger partial charge in [-0.1, -0.05) is 6.07 Å². The molecule has 0 saturated heterocycles. The number of carboxylic acids is 1. The highest BCUT2D eigenvalue weighted by Crippen LogP contribution is 2.25. The predicted molar refractivity (Wildman–Crippen MR) is 49.1 cm³/mol. The summed E-state index contributed by atoms with van der Waals surface area (Å²) in [6.45, 7) is 0. The highest BCUT2D eigenvalue weighted by atomic mass is 16.4. The molecule has 5 nitrogen and oxygen atoms in total. The van der Waals surface area contributed by atoms with Crippen molar-refractivity contribution in [1.82, 2.24) is 0 Å². The van der Waals surface area contributed by atoms with Gasteiger partial charge in [0.2, 0.25) is 0 Å². The van der Waals surface area contributed by atoms with Crippen molar-refractivity contribution in [3.8, 4) is 11.5 Å². The molecule has 0 unspecified atom stereocenters. The Bertz CT molecular complexity index is 369. The fourth-order valence-corrected chi connectivity index (χ4v) is 1.03. The highest BCUT2D eigenvalue weighted by Gasteiger charge is 2.12. The molecule has 0 saturated carbocycles. The van der Waals surface area contributed by atoms with Gasteiger partial charge in [0, 0.05) is 0 Å². The van der Waals surface area contributed by atoms with Crippen LogP contribution in [-0.4, -0.2) is 28.8 Å². The highest BCUT2D eigenvalue weighted by molar-refractivity contribution is 5.73. The summed E-state index contributed by atoms with van der Waals surface area (Å²) in [5, 5.41) is 21.9. The van der Waals surface area contributed by atoms with Gasteiger partial charge in [0.1, 0.15) is 6.04 Å². The van der Waals surface area contributed by atoms with Gasteiger partial charge >= 0.3 is 5.97 Å². The summed E-state index contributed by atoms with van der Waals surface area (Å²) in [7, 11) is 0. The number of benzene rings is 1. The molecule has 0 aliphatic carbocycles. The standard InChI is InChI=1S/C9H11NO4/c10-6(9(13)14)3-5-1-2-7(11)8(12)4-5/h1-2,4,6,11-12H,3,10H2,(H,13,14)/t6-/m0/s1/i/hD. The molecule has 1 aromatic carbocycles. The minimum absolute atomic E-state index is 0.0231. The third-order valence-electron chi connectivity index (χ3n) is 1.80. The summed E-state index contributed by atoms with van der Waals surface area (Å²) < 4.78 is 6.64. The third-order valence-corrected chi connectivity index (χ3v) is 1.80. The van der Waals surface area contributed by atoms with Crippen molar-refractivity contribution in [3.05, 3.63) is 23.8 Å². The summed E-state index contributed by atoms with van der Waals surface area (Å²) in [6, 6.07) is 3.23. The molecule has 0 aliphatic heterocycles. The maximum absolute atomic E-state index is 10.5. The second kappa shape index (κ2) is 3.97. The van der Waals surface area contributed by atoms with Crippen molar-refractivity contribution >= 4 is 5.97 Å². The number of carboxylic acid groups (broad SMARTS) is 1. The molecule has 1 rings (SSSR count). The topological polar surface area (TPSA) is 104 Å². The van der Waals surface area contributed by atoms with Gasteiger partial charge in [-0.3, -0.25) is 4.79 Å². The fraction of sp³-hybridized carbons (Fsp3) is 0.222. The van der Waals surface area contributed by atoms with E-state index >= 15 is 0 Å². The molecule has 0 spiro atoms. The van der Waals surface area contributed by atoms with Crippen LogP contribution in [-0.2, 0) is 11.2 Å². The molecule has 0 aromatic heterocycles. The zero-order chi connectivity index (χ0) is 11.4. The van der Waals surface area contributed by atoms with Crippen LogP contribution in [0, 0.1) is 0 Å². The number of aromatic hydroxyl groups is 2. The van der Waals surface area contributed by atoms with Crippen LogP contribution in [0.15, 0.2) is 18.2 Å². The van der Waals surface area contributed by atoms with E-state index in [0.717, 1.165) is 0 Å². The lowest BCUT2D eigenvalue weighted by Gasteiger charge is -2.06. The van der Waals surface area contributed by atoms with Gasteiger partial charge in [0.25, 0.3) is 1.43 Å². The molecule has 14 heavy (non-hydrogen) atoms. The third kappa shape index (κ3) is 2.37. The van der Waals surface area contributed by atoms with Gasteiger partial charge in [0.15, 0.2) is 11.5 Å². The van der Waals surface area contributed by atoms with Crippen molar-refractivity contribution < 1.29 is 20.1 Å². The molecule has 0 amide bonds. The summed E-state index contributed by atoms with van der Waals surface area (Å²) in [5.74, 6) is -1.29. The Morgan fingerprint density at radius 3 is 2.86 bits per heavy atom. The smallest absolute Gasteiger partial charge is 0.320 e. The Labute approximate surface area is 81.9 Å². The molecule has 5 N–H and O–H groups in total. The fourth-order valence-electron chi connectivity index (χ4n) is 1.03. The van der Waals surface area contributed by atoms with Crippen LogP contribution < -0.4 is 5.73 Å². The largest absolute Gasteiger partial charge is 0.504 e. The number of nitrogens with two attached hydrogens (primary N) is 1. The Hall–Kier alpha value is -1.75. The molecule has 0 radical (unpaired) electrons. The van der Waals surface area contributed by atoms with Crippen LogP contribution in [0.25, 0.3) is 0 Å². The quantitative estimate of drug-likeness (QED) is 0.512. The molecule has 5 heteroatoms. The van der Waals surface area contributed by atoms with Crippen molar-refractivity contribution in [3.63, 3.8) is 0 Å². The van der Waals surface area contributed by atoms with E-state index in [1.54, 1.807) is 0 Å². The first-order valence-electron chi connectivity index (χ1n) is 4.39. The van der Waals surface area contributed by atoms with Crippen LogP contribution in [0.4, 0.5) is 0 Å². The van der Waals surface area contributed by atoms with E-state index in [2.05, 4.69) is 5.11 Å². The van der Waals surface area contributed by atoms with Gasteiger partial charge in [-0.25, -0.2) is 0 Å². The Morgan fingerprint density at radius 2 is 2.29 bits per heavy atom. The minimum Gasteiger partial charge on any atom is -0.504 e. The van der Waals surface area contributed by atoms with E-state index in [-0.39, 0.29) is 17.9 Å². The number of carbonyl (C=O) groups is 1. The molecule has 1 aromatic rings. The number of rotatable bonds is 4. The summed E-state index contributed by atoms with van der Waals surface area (Å²) >= 11 is 0. The summed E-state index contributed by atoms with van der Waals surface area (Å²) in [5.41, 5.74) is 5.92. The minimum atomic E-state index is -1.10. The van der Waals surface area contributed by atoms with E-state index in [4.69, 9.17) is 12.3 Å². The maximum atomic E-state index is 10.5. The van der Waals surface area contributed by atoms with Crippen LogP contribution in [0.2, 0.25) is 0 Å². The van der Waals surface area contributed by atoms with Gasteiger partial charge in [-0.05, 0) is 24.1 Å².